The molecule has 1 aromatic rings. The van der Waals surface area contributed by atoms with E-state index in [1.54, 1.807) is 0 Å². The number of hydrogen-bond donors (Lipinski definition) is 2. The SMILES string of the molecule is O=C(CCN1CCN(c2ccccn2)CC1)NC1CCC(CO)CC1. The van der Waals surface area contributed by atoms with Crippen molar-refractivity contribution >= 4 is 11.7 Å². The number of piperazine rings is 1. The van der Waals surface area contributed by atoms with Crippen molar-refractivity contribution < 1.29 is 9.90 Å². The largest absolute Gasteiger partial charge is 0.396 e. The van der Waals surface area contributed by atoms with Crippen LogP contribution in [-0.2, 0) is 4.79 Å². The van der Waals surface area contributed by atoms with E-state index < -0.39 is 0 Å². The normalized spacial score (nSPS) is 24.9. The Morgan fingerprint density at radius 1 is 1.16 bits per heavy atom. The number of rotatable bonds is 6. The number of hydrogen-bond acceptors (Lipinski definition) is 5. The van der Waals surface area contributed by atoms with Crippen LogP contribution in [0.5, 0.6) is 0 Å². The molecule has 25 heavy (non-hydrogen) atoms. The molecule has 1 aliphatic heterocycles. The zero-order valence-corrected chi connectivity index (χ0v) is 14.9. The molecule has 0 radical (unpaired) electrons. The van der Waals surface area contributed by atoms with Gasteiger partial charge in [0.15, 0.2) is 0 Å². The number of aliphatic hydroxyl groups is 1. The summed E-state index contributed by atoms with van der Waals surface area (Å²) in [5.41, 5.74) is 0. The number of pyridine rings is 1. The van der Waals surface area contributed by atoms with Crippen LogP contribution in [0.25, 0.3) is 0 Å². The van der Waals surface area contributed by atoms with Crippen LogP contribution in [0.1, 0.15) is 32.1 Å². The average Bonchev–Trinajstić information content (AvgIpc) is 2.68. The fourth-order valence-corrected chi connectivity index (χ4v) is 3.79. The van der Waals surface area contributed by atoms with Gasteiger partial charge in [0.1, 0.15) is 5.82 Å². The number of carbonyl (C=O) groups excluding carboxylic acids is 1. The van der Waals surface area contributed by atoms with Gasteiger partial charge in [0, 0.05) is 58.0 Å². The van der Waals surface area contributed by atoms with E-state index in [2.05, 4.69) is 26.2 Å². The van der Waals surface area contributed by atoms with E-state index in [-0.39, 0.29) is 12.5 Å². The second kappa shape index (κ2) is 9.15. The lowest BCUT2D eigenvalue weighted by atomic mass is 9.86. The molecule has 1 aromatic heterocycles. The third-order valence-electron chi connectivity index (χ3n) is 5.47. The highest BCUT2D eigenvalue weighted by atomic mass is 16.3. The van der Waals surface area contributed by atoms with Gasteiger partial charge in [0.2, 0.25) is 5.91 Å². The van der Waals surface area contributed by atoms with Gasteiger partial charge in [-0.3, -0.25) is 9.69 Å². The van der Waals surface area contributed by atoms with Crippen molar-refractivity contribution in [3.63, 3.8) is 0 Å². The first-order valence-corrected chi connectivity index (χ1v) is 9.53. The molecule has 138 valence electrons. The molecule has 1 saturated heterocycles. The van der Waals surface area contributed by atoms with Crippen molar-refractivity contribution in [3.05, 3.63) is 24.4 Å². The quantitative estimate of drug-likeness (QED) is 0.812. The highest BCUT2D eigenvalue weighted by Gasteiger charge is 2.22. The number of amides is 1. The van der Waals surface area contributed by atoms with E-state index in [1.165, 1.54) is 0 Å². The van der Waals surface area contributed by atoms with Crippen molar-refractivity contribution in [1.29, 1.82) is 0 Å². The first-order valence-electron chi connectivity index (χ1n) is 9.53. The van der Waals surface area contributed by atoms with Gasteiger partial charge in [-0.15, -0.1) is 0 Å². The van der Waals surface area contributed by atoms with E-state index in [0.717, 1.165) is 64.2 Å². The van der Waals surface area contributed by atoms with Gasteiger partial charge in [-0.25, -0.2) is 4.98 Å². The molecule has 1 aliphatic carbocycles. The number of nitrogens with zero attached hydrogens (tertiary/aromatic N) is 3. The number of anilines is 1. The molecule has 0 bridgehead atoms. The summed E-state index contributed by atoms with van der Waals surface area (Å²) in [7, 11) is 0. The lowest BCUT2D eigenvalue weighted by molar-refractivity contribution is -0.122. The molecule has 3 rings (SSSR count). The molecule has 2 N–H and O–H groups in total. The zero-order valence-electron chi connectivity index (χ0n) is 14.9. The maximum atomic E-state index is 12.2. The van der Waals surface area contributed by atoms with Crippen LogP contribution in [0.15, 0.2) is 24.4 Å². The molecule has 2 fully saturated rings. The van der Waals surface area contributed by atoms with Crippen molar-refractivity contribution in [3.8, 4) is 0 Å². The first-order chi connectivity index (χ1) is 12.2. The Bertz CT molecular complexity index is 523. The molecule has 1 saturated carbocycles. The Labute approximate surface area is 150 Å². The molecule has 0 unspecified atom stereocenters. The van der Waals surface area contributed by atoms with Gasteiger partial charge >= 0.3 is 0 Å². The predicted octanol–water partition coefficient (Wildman–Crippen LogP) is 1.26. The first kappa shape index (κ1) is 18.1. The standard InChI is InChI=1S/C19H30N4O2/c24-15-16-4-6-17(7-5-16)21-19(25)8-10-22-11-13-23(14-12-22)18-3-1-2-9-20-18/h1-3,9,16-17,24H,4-8,10-15H2,(H,21,25). The van der Waals surface area contributed by atoms with Crippen LogP contribution in [0.3, 0.4) is 0 Å². The van der Waals surface area contributed by atoms with Crippen LogP contribution < -0.4 is 10.2 Å². The van der Waals surface area contributed by atoms with Gasteiger partial charge in [0.25, 0.3) is 0 Å². The molecule has 2 aliphatic rings. The monoisotopic (exact) mass is 346 g/mol. The molecule has 6 heteroatoms. The summed E-state index contributed by atoms with van der Waals surface area (Å²) in [5.74, 6) is 1.64. The summed E-state index contributed by atoms with van der Waals surface area (Å²) in [6, 6.07) is 6.31. The van der Waals surface area contributed by atoms with E-state index in [1.807, 2.05) is 18.3 Å². The zero-order chi connectivity index (χ0) is 17.5. The summed E-state index contributed by atoms with van der Waals surface area (Å²) in [5, 5.41) is 12.3. The maximum Gasteiger partial charge on any atom is 0.221 e. The summed E-state index contributed by atoms with van der Waals surface area (Å²) in [6.07, 6.45) is 6.46. The average molecular weight is 346 g/mol. The Kier molecular flexibility index (Phi) is 6.64. The third-order valence-corrected chi connectivity index (χ3v) is 5.47. The Balaban J connectivity index is 1.32. The summed E-state index contributed by atoms with van der Waals surface area (Å²) >= 11 is 0. The second-order valence-electron chi connectivity index (χ2n) is 7.23. The fraction of sp³-hybridized carbons (Fsp3) is 0.684. The van der Waals surface area contributed by atoms with Crippen molar-refractivity contribution in [1.82, 2.24) is 15.2 Å². The number of nitrogens with one attached hydrogen (secondary N) is 1. The van der Waals surface area contributed by atoms with E-state index in [0.29, 0.717) is 18.4 Å². The lowest BCUT2D eigenvalue weighted by Gasteiger charge is -2.35. The summed E-state index contributed by atoms with van der Waals surface area (Å²) in [6.45, 7) is 4.99. The van der Waals surface area contributed by atoms with Gasteiger partial charge in [-0.2, -0.15) is 0 Å². The van der Waals surface area contributed by atoms with E-state index in [4.69, 9.17) is 0 Å². The second-order valence-corrected chi connectivity index (χ2v) is 7.23. The van der Waals surface area contributed by atoms with Gasteiger partial charge in [-0.1, -0.05) is 6.07 Å². The van der Waals surface area contributed by atoms with Crippen molar-refractivity contribution in [2.45, 2.75) is 38.1 Å². The smallest absolute Gasteiger partial charge is 0.221 e. The van der Waals surface area contributed by atoms with Crippen LogP contribution in [0.2, 0.25) is 0 Å². The molecule has 0 spiro atoms. The van der Waals surface area contributed by atoms with Crippen LogP contribution >= 0.6 is 0 Å². The molecule has 2 heterocycles. The number of carbonyl (C=O) groups is 1. The van der Waals surface area contributed by atoms with Crippen LogP contribution in [0.4, 0.5) is 5.82 Å². The van der Waals surface area contributed by atoms with Crippen LogP contribution in [-0.4, -0.2) is 66.3 Å². The third kappa shape index (κ3) is 5.41. The predicted molar refractivity (Wildman–Crippen MR) is 98.5 cm³/mol. The molecular weight excluding hydrogens is 316 g/mol. The van der Waals surface area contributed by atoms with Crippen molar-refractivity contribution in [2.75, 3.05) is 44.2 Å². The Hall–Kier alpha value is -1.66. The topological polar surface area (TPSA) is 68.7 Å². The summed E-state index contributed by atoms with van der Waals surface area (Å²) < 4.78 is 0. The molecular formula is C19H30N4O2. The van der Waals surface area contributed by atoms with Crippen LogP contribution in [0, 0.1) is 5.92 Å². The molecule has 0 atom stereocenters. The number of aliphatic hydroxyl groups excluding tert-OH is 1. The summed E-state index contributed by atoms with van der Waals surface area (Å²) in [4.78, 5) is 21.3. The maximum absolute atomic E-state index is 12.2. The molecule has 1 amide bonds. The minimum Gasteiger partial charge on any atom is -0.396 e. The Morgan fingerprint density at radius 2 is 1.92 bits per heavy atom. The lowest BCUT2D eigenvalue weighted by Crippen LogP contribution is -2.48. The van der Waals surface area contributed by atoms with E-state index in [9.17, 15) is 9.90 Å². The molecule has 6 nitrogen and oxygen atoms in total. The minimum atomic E-state index is 0.166. The van der Waals surface area contributed by atoms with Gasteiger partial charge < -0.3 is 15.3 Å². The van der Waals surface area contributed by atoms with Gasteiger partial charge in [-0.05, 0) is 43.7 Å². The van der Waals surface area contributed by atoms with E-state index >= 15 is 0 Å². The minimum absolute atomic E-state index is 0.166. The number of aromatic nitrogens is 1. The highest BCUT2D eigenvalue weighted by molar-refractivity contribution is 5.76. The highest BCUT2D eigenvalue weighted by Crippen LogP contribution is 2.23. The Morgan fingerprint density at radius 3 is 2.56 bits per heavy atom. The molecule has 0 aromatic carbocycles. The fourth-order valence-electron chi connectivity index (χ4n) is 3.79. The van der Waals surface area contributed by atoms with Crippen molar-refractivity contribution in [2.24, 2.45) is 5.92 Å². The van der Waals surface area contributed by atoms with Gasteiger partial charge in [0.05, 0.1) is 0 Å².